The lowest BCUT2D eigenvalue weighted by Crippen LogP contribution is -2.17. The smallest absolute Gasteiger partial charge is 0.307 e. The minimum Gasteiger partial charge on any atom is -0.449 e. The van der Waals surface area contributed by atoms with Crippen LogP contribution in [0.25, 0.3) is 0 Å². The van der Waals surface area contributed by atoms with E-state index in [0.717, 1.165) is 44.9 Å². The first-order valence-electron chi connectivity index (χ1n) is 9.38. The lowest BCUT2D eigenvalue weighted by atomic mass is 10.1. The molecule has 1 saturated carbocycles. The fraction of sp³-hybridized carbons (Fsp3) is 0.800. The molecule has 3 heteroatoms. The van der Waals surface area contributed by atoms with Crippen LogP contribution in [0.15, 0.2) is 0 Å². The van der Waals surface area contributed by atoms with E-state index in [0.29, 0.717) is 25.0 Å². The number of carbonyl (C=O) groups excluding carboxylic acids is 2. The highest BCUT2D eigenvalue weighted by Gasteiger charge is 2.20. The summed E-state index contributed by atoms with van der Waals surface area (Å²) >= 11 is 0. The summed E-state index contributed by atoms with van der Waals surface area (Å²) in [6.07, 6.45) is 10.7. The second-order valence-electron chi connectivity index (χ2n) is 6.55. The Bertz CT molecular complexity index is 416. The van der Waals surface area contributed by atoms with Gasteiger partial charge in [-0.15, -0.1) is 0 Å². The molecule has 2 unspecified atom stereocenters. The molecule has 3 nitrogen and oxygen atoms in total. The third-order valence-electron chi connectivity index (χ3n) is 4.27. The molecular formula is C20H32O3. The Morgan fingerprint density at radius 3 is 2.57 bits per heavy atom. The van der Waals surface area contributed by atoms with Crippen LogP contribution < -0.4 is 0 Å². The average molecular weight is 320 g/mol. The van der Waals surface area contributed by atoms with Crippen molar-refractivity contribution >= 4 is 11.8 Å². The summed E-state index contributed by atoms with van der Waals surface area (Å²) in [4.78, 5) is 23.3. The fourth-order valence-electron chi connectivity index (χ4n) is 2.80. The van der Waals surface area contributed by atoms with Crippen molar-refractivity contribution in [2.24, 2.45) is 5.92 Å². The minimum absolute atomic E-state index is 0.126. The molecule has 0 bridgehead atoms. The van der Waals surface area contributed by atoms with E-state index >= 15 is 0 Å². The largest absolute Gasteiger partial charge is 0.449 e. The summed E-state index contributed by atoms with van der Waals surface area (Å²) in [7, 11) is 0. The summed E-state index contributed by atoms with van der Waals surface area (Å²) in [6.45, 7) is 4.32. The Hall–Kier alpha value is -1.30. The fourth-order valence-corrected chi connectivity index (χ4v) is 2.80. The number of Topliss-reactive ketones (excluding diaryl/α,β-unsaturated/α-hetero) is 1. The third-order valence-corrected chi connectivity index (χ3v) is 4.27. The Balaban J connectivity index is 2.42. The quantitative estimate of drug-likeness (QED) is 0.329. The first kappa shape index (κ1) is 19.7. The molecule has 0 heterocycles. The van der Waals surface area contributed by atoms with Crippen molar-refractivity contribution < 1.29 is 14.3 Å². The van der Waals surface area contributed by atoms with Crippen LogP contribution in [0.3, 0.4) is 0 Å². The van der Waals surface area contributed by atoms with Crippen molar-refractivity contribution in [2.45, 2.75) is 97.0 Å². The second kappa shape index (κ2) is 12.2. The third kappa shape index (κ3) is 9.43. The van der Waals surface area contributed by atoms with Crippen LogP contribution in [-0.4, -0.2) is 17.9 Å². The van der Waals surface area contributed by atoms with Crippen molar-refractivity contribution in [1.29, 1.82) is 0 Å². The molecule has 1 rings (SSSR count). The van der Waals surface area contributed by atoms with Gasteiger partial charge in [-0.25, -0.2) is 0 Å². The second-order valence-corrected chi connectivity index (χ2v) is 6.55. The van der Waals surface area contributed by atoms with Crippen LogP contribution in [0.4, 0.5) is 0 Å². The molecule has 23 heavy (non-hydrogen) atoms. The molecule has 1 aliphatic rings. The van der Waals surface area contributed by atoms with Crippen molar-refractivity contribution in [3.05, 3.63) is 0 Å². The molecule has 0 amide bonds. The maximum absolute atomic E-state index is 12.0. The maximum Gasteiger partial charge on any atom is 0.307 e. The van der Waals surface area contributed by atoms with Crippen molar-refractivity contribution in [2.75, 3.05) is 0 Å². The molecule has 1 fully saturated rings. The predicted molar refractivity (Wildman–Crippen MR) is 92.9 cm³/mol. The number of ether oxygens (including phenoxy) is 1. The van der Waals surface area contributed by atoms with E-state index in [1.54, 1.807) is 0 Å². The lowest BCUT2D eigenvalue weighted by Gasteiger charge is -2.12. The molecule has 0 aliphatic heterocycles. The molecule has 0 radical (unpaired) electrons. The Morgan fingerprint density at radius 2 is 1.91 bits per heavy atom. The van der Waals surface area contributed by atoms with Gasteiger partial charge in [0.1, 0.15) is 5.78 Å². The van der Waals surface area contributed by atoms with Gasteiger partial charge in [-0.3, -0.25) is 9.59 Å². The van der Waals surface area contributed by atoms with E-state index in [-0.39, 0.29) is 18.0 Å². The van der Waals surface area contributed by atoms with E-state index in [9.17, 15) is 9.59 Å². The van der Waals surface area contributed by atoms with Gasteiger partial charge in [0.15, 0.2) is 6.10 Å². The van der Waals surface area contributed by atoms with Gasteiger partial charge >= 0.3 is 5.97 Å². The number of esters is 1. The zero-order valence-corrected chi connectivity index (χ0v) is 14.9. The number of ketones is 1. The molecule has 0 N–H and O–H groups in total. The average Bonchev–Trinajstić information content (AvgIpc) is 2.95. The highest BCUT2D eigenvalue weighted by Crippen LogP contribution is 2.21. The summed E-state index contributed by atoms with van der Waals surface area (Å²) in [5, 5.41) is 0. The Labute approximate surface area is 141 Å². The molecule has 0 aromatic heterocycles. The molecule has 130 valence electrons. The van der Waals surface area contributed by atoms with Gasteiger partial charge in [0.2, 0.25) is 0 Å². The number of hydrogen-bond donors (Lipinski definition) is 0. The highest BCUT2D eigenvalue weighted by molar-refractivity contribution is 5.81. The van der Waals surface area contributed by atoms with Crippen LogP contribution >= 0.6 is 0 Å². The van der Waals surface area contributed by atoms with E-state index < -0.39 is 0 Å². The van der Waals surface area contributed by atoms with E-state index in [4.69, 9.17) is 4.74 Å². The van der Waals surface area contributed by atoms with Crippen molar-refractivity contribution in [3.63, 3.8) is 0 Å². The molecule has 1 aliphatic carbocycles. The first-order valence-corrected chi connectivity index (χ1v) is 9.38. The number of rotatable bonds is 10. The molecular weight excluding hydrogens is 288 g/mol. The molecule has 0 saturated heterocycles. The van der Waals surface area contributed by atoms with Gasteiger partial charge in [-0.1, -0.05) is 57.8 Å². The van der Waals surface area contributed by atoms with Crippen LogP contribution in [0.2, 0.25) is 0 Å². The summed E-state index contributed by atoms with van der Waals surface area (Å²) in [6, 6.07) is 0. The van der Waals surface area contributed by atoms with Gasteiger partial charge in [-0.2, -0.15) is 0 Å². The van der Waals surface area contributed by atoms with Gasteiger partial charge in [-0.05, 0) is 25.7 Å². The standard InChI is InChI=1S/C20H32O3/c1-3-5-7-9-11-20(22)23-19(10-8-6-4-2)15-13-17-12-14-18(21)16-17/h17,19H,3-12,14,16H2,1-2H3. The van der Waals surface area contributed by atoms with Crippen LogP contribution in [0, 0.1) is 17.8 Å². The highest BCUT2D eigenvalue weighted by atomic mass is 16.5. The van der Waals surface area contributed by atoms with Crippen LogP contribution in [0.1, 0.15) is 90.9 Å². The molecule has 0 aromatic carbocycles. The zero-order chi connectivity index (χ0) is 16.9. The number of unbranched alkanes of at least 4 members (excludes halogenated alkanes) is 5. The van der Waals surface area contributed by atoms with Gasteiger partial charge < -0.3 is 4.74 Å². The van der Waals surface area contributed by atoms with E-state index in [1.165, 1.54) is 12.8 Å². The molecule has 0 spiro atoms. The number of hydrogen-bond acceptors (Lipinski definition) is 3. The van der Waals surface area contributed by atoms with Crippen LogP contribution in [0.5, 0.6) is 0 Å². The van der Waals surface area contributed by atoms with Gasteiger partial charge in [0.05, 0.1) is 0 Å². The minimum atomic E-state index is -0.295. The zero-order valence-electron chi connectivity index (χ0n) is 14.9. The van der Waals surface area contributed by atoms with Crippen molar-refractivity contribution in [3.8, 4) is 11.8 Å². The number of carbonyl (C=O) groups is 2. The van der Waals surface area contributed by atoms with Gasteiger partial charge in [0, 0.05) is 25.2 Å². The lowest BCUT2D eigenvalue weighted by molar-refractivity contribution is -0.146. The van der Waals surface area contributed by atoms with E-state index in [1.807, 2.05) is 0 Å². The monoisotopic (exact) mass is 320 g/mol. The van der Waals surface area contributed by atoms with Gasteiger partial charge in [0.25, 0.3) is 0 Å². The van der Waals surface area contributed by atoms with Crippen LogP contribution in [-0.2, 0) is 14.3 Å². The summed E-state index contributed by atoms with van der Waals surface area (Å²) in [5.41, 5.74) is 0. The molecule has 2 atom stereocenters. The molecule has 0 aromatic rings. The SMILES string of the molecule is CCCCCCC(=O)OC(C#CC1CCC(=O)C1)CCCCC. The summed E-state index contributed by atoms with van der Waals surface area (Å²) in [5.74, 6) is 6.65. The normalized spacial score (nSPS) is 18.3. The Morgan fingerprint density at radius 1 is 1.17 bits per heavy atom. The Kier molecular flexibility index (Phi) is 10.4. The maximum atomic E-state index is 12.0. The topological polar surface area (TPSA) is 43.4 Å². The first-order chi connectivity index (χ1) is 11.2. The van der Waals surface area contributed by atoms with E-state index in [2.05, 4.69) is 25.7 Å². The predicted octanol–water partition coefficient (Wildman–Crippen LogP) is 4.82. The summed E-state index contributed by atoms with van der Waals surface area (Å²) < 4.78 is 5.57. The van der Waals surface area contributed by atoms with Crippen molar-refractivity contribution in [1.82, 2.24) is 0 Å².